The average Bonchev–Trinajstić information content (AvgIpc) is 2.32. The molecule has 0 unspecified atom stereocenters. The Kier molecular flexibility index (Phi) is 6.76. The first-order chi connectivity index (χ1) is 9.31. The lowest BCUT2D eigenvalue weighted by Crippen LogP contribution is -2.42. The number of carbonyl (C=O) groups excluding carboxylic acids is 1. The SMILES string of the molecule is CC(C)(C)OC(=O)NCCCNCC1(O)CCCCC1. The monoisotopic (exact) mass is 286 g/mol. The van der Waals surface area contributed by atoms with Crippen molar-refractivity contribution in [2.24, 2.45) is 0 Å². The van der Waals surface area contributed by atoms with Crippen LogP contribution < -0.4 is 10.6 Å². The van der Waals surface area contributed by atoms with E-state index in [2.05, 4.69) is 10.6 Å². The molecule has 0 bridgehead atoms. The summed E-state index contributed by atoms with van der Waals surface area (Å²) < 4.78 is 5.14. The van der Waals surface area contributed by atoms with Crippen LogP contribution in [0.25, 0.3) is 0 Å². The van der Waals surface area contributed by atoms with Crippen molar-refractivity contribution < 1.29 is 14.6 Å². The fourth-order valence-corrected chi connectivity index (χ4v) is 2.43. The molecule has 20 heavy (non-hydrogen) atoms. The Hall–Kier alpha value is -0.810. The van der Waals surface area contributed by atoms with Gasteiger partial charge in [-0.15, -0.1) is 0 Å². The van der Waals surface area contributed by atoms with E-state index in [1.54, 1.807) is 0 Å². The summed E-state index contributed by atoms with van der Waals surface area (Å²) in [6.45, 7) is 7.56. The molecule has 118 valence electrons. The van der Waals surface area contributed by atoms with Crippen LogP contribution in [0.15, 0.2) is 0 Å². The lowest BCUT2D eigenvalue weighted by Gasteiger charge is -2.32. The Morgan fingerprint density at radius 3 is 2.45 bits per heavy atom. The molecule has 1 rings (SSSR count). The van der Waals surface area contributed by atoms with Crippen LogP contribution in [0.4, 0.5) is 4.79 Å². The average molecular weight is 286 g/mol. The Morgan fingerprint density at radius 1 is 1.20 bits per heavy atom. The van der Waals surface area contributed by atoms with E-state index in [4.69, 9.17) is 4.74 Å². The van der Waals surface area contributed by atoms with Gasteiger partial charge in [-0.3, -0.25) is 0 Å². The molecule has 5 nitrogen and oxygen atoms in total. The maximum atomic E-state index is 11.4. The molecule has 0 spiro atoms. The van der Waals surface area contributed by atoms with E-state index >= 15 is 0 Å². The first kappa shape index (κ1) is 17.2. The van der Waals surface area contributed by atoms with Crippen molar-refractivity contribution in [3.63, 3.8) is 0 Å². The van der Waals surface area contributed by atoms with Gasteiger partial charge >= 0.3 is 6.09 Å². The number of rotatable bonds is 6. The molecule has 0 aliphatic heterocycles. The lowest BCUT2D eigenvalue weighted by atomic mass is 9.85. The van der Waals surface area contributed by atoms with Gasteiger partial charge in [0.2, 0.25) is 0 Å². The highest BCUT2D eigenvalue weighted by Crippen LogP contribution is 2.27. The molecule has 1 aliphatic carbocycles. The van der Waals surface area contributed by atoms with E-state index in [0.717, 1.165) is 38.6 Å². The largest absolute Gasteiger partial charge is 0.444 e. The molecule has 0 aromatic heterocycles. The summed E-state index contributed by atoms with van der Waals surface area (Å²) in [6, 6.07) is 0. The van der Waals surface area contributed by atoms with Gasteiger partial charge in [-0.05, 0) is 46.6 Å². The Balaban J connectivity index is 2.01. The van der Waals surface area contributed by atoms with Crippen LogP contribution in [0.1, 0.15) is 59.3 Å². The van der Waals surface area contributed by atoms with E-state index < -0.39 is 11.2 Å². The molecule has 1 aliphatic rings. The molecule has 0 radical (unpaired) electrons. The maximum absolute atomic E-state index is 11.4. The third-order valence-corrected chi connectivity index (χ3v) is 3.44. The van der Waals surface area contributed by atoms with Crippen molar-refractivity contribution in [1.82, 2.24) is 10.6 Å². The van der Waals surface area contributed by atoms with Crippen molar-refractivity contribution in [3.8, 4) is 0 Å². The van der Waals surface area contributed by atoms with E-state index in [1.165, 1.54) is 6.42 Å². The van der Waals surface area contributed by atoms with Gasteiger partial charge in [-0.1, -0.05) is 19.3 Å². The van der Waals surface area contributed by atoms with E-state index in [9.17, 15) is 9.90 Å². The molecule has 0 atom stereocenters. The highest BCUT2D eigenvalue weighted by molar-refractivity contribution is 5.67. The summed E-state index contributed by atoms with van der Waals surface area (Å²) in [7, 11) is 0. The van der Waals surface area contributed by atoms with Crippen molar-refractivity contribution in [3.05, 3.63) is 0 Å². The molecule has 3 N–H and O–H groups in total. The van der Waals surface area contributed by atoms with Crippen molar-refractivity contribution >= 4 is 6.09 Å². The molecule has 0 aromatic rings. The van der Waals surface area contributed by atoms with Crippen LogP contribution in [0.2, 0.25) is 0 Å². The number of carbonyl (C=O) groups is 1. The number of ether oxygens (including phenoxy) is 1. The van der Waals surface area contributed by atoms with Crippen LogP contribution >= 0.6 is 0 Å². The first-order valence-electron chi connectivity index (χ1n) is 7.71. The van der Waals surface area contributed by atoms with E-state index in [1.807, 2.05) is 20.8 Å². The second kappa shape index (κ2) is 7.84. The zero-order valence-corrected chi connectivity index (χ0v) is 13.1. The summed E-state index contributed by atoms with van der Waals surface area (Å²) in [5.41, 5.74) is -0.969. The molecule has 0 heterocycles. The third kappa shape index (κ3) is 7.70. The quantitative estimate of drug-likeness (QED) is 0.655. The van der Waals surface area contributed by atoms with Gasteiger partial charge in [-0.25, -0.2) is 4.79 Å². The molecule has 0 aromatic carbocycles. The highest BCUT2D eigenvalue weighted by Gasteiger charge is 2.28. The molecule has 1 amide bonds. The van der Waals surface area contributed by atoms with Crippen LogP contribution in [-0.4, -0.2) is 42.0 Å². The Morgan fingerprint density at radius 2 is 1.85 bits per heavy atom. The fourth-order valence-electron chi connectivity index (χ4n) is 2.43. The summed E-state index contributed by atoms with van der Waals surface area (Å²) in [4.78, 5) is 11.4. The van der Waals surface area contributed by atoms with Gasteiger partial charge in [0.15, 0.2) is 0 Å². The van der Waals surface area contributed by atoms with Crippen LogP contribution in [0, 0.1) is 0 Å². The van der Waals surface area contributed by atoms with Crippen molar-refractivity contribution in [2.45, 2.75) is 70.5 Å². The third-order valence-electron chi connectivity index (χ3n) is 3.44. The highest BCUT2D eigenvalue weighted by atomic mass is 16.6. The van der Waals surface area contributed by atoms with Crippen molar-refractivity contribution in [2.75, 3.05) is 19.6 Å². The van der Waals surface area contributed by atoms with Gasteiger partial charge in [0.05, 0.1) is 5.60 Å². The second-order valence-electron chi connectivity index (χ2n) is 6.74. The van der Waals surface area contributed by atoms with Gasteiger partial charge in [-0.2, -0.15) is 0 Å². The zero-order valence-electron chi connectivity index (χ0n) is 13.1. The lowest BCUT2D eigenvalue weighted by molar-refractivity contribution is 0.00500. The predicted octanol–water partition coefficient (Wildman–Crippen LogP) is 2.19. The van der Waals surface area contributed by atoms with Gasteiger partial charge in [0.25, 0.3) is 0 Å². The number of alkyl carbamates (subject to hydrolysis) is 1. The molecule has 1 saturated carbocycles. The van der Waals surface area contributed by atoms with Gasteiger partial charge in [0, 0.05) is 13.1 Å². The summed E-state index contributed by atoms with van der Waals surface area (Å²) in [5, 5.41) is 16.3. The van der Waals surface area contributed by atoms with Crippen LogP contribution in [0.5, 0.6) is 0 Å². The number of hydrogen-bond donors (Lipinski definition) is 3. The summed E-state index contributed by atoms with van der Waals surface area (Å²) in [6.07, 6.45) is 5.74. The minimum Gasteiger partial charge on any atom is -0.444 e. The van der Waals surface area contributed by atoms with E-state index in [-0.39, 0.29) is 6.09 Å². The van der Waals surface area contributed by atoms with Gasteiger partial charge in [0.1, 0.15) is 5.60 Å². The number of aliphatic hydroxyl groups is 1. The molecule has 5 heteroatoms. The standard InChI is InChI=1S/C15H30N2O3/c1-14(2,3)20-13(18)17-11-7-10-16-12-15(19)8-5-4-6-9-15/h16,19H,4-12H2,1-3H3,(H,17,18). The number of hydrogen-bond acceptors (Lipinski definition) is 4. The zero-order chi connectivity index (χ0) is 15.1. The van der Waals surface area contributed by atoms with Gasteiger partial charge < -0.3 is 20.5 Å². The van der Waals surface area contributed by atoms with E-state index in [0.29, 0.717) is 13.1 Å². The predicted molar refractivity (Wildman–Crippen MR) is 79.8 cm³/mol. The fraction of sp³-hybridized carbons (Fsp3) is 0.933. The smallest absolute Gasteiger partial charge is 0.407 e. The van der Waals surface area contributed by atoms with Crippen LogP contribution in [0.3, 0.4) is 0 Å². The van der Waals surface area contributed by atoms with Crippen molar-refractivity contribution in [1.29, 1.82) is 0 Å². The molecular formula is C15H30N2O3. The summed E-state index contributed by atoms with van der Waals surface area (Å²) >= 11 is 0. The number of nitrogens with one attached hydrogen (secondary N) is 2. The Bertz CT molecular complexity index is 294. The first-order valence-corrected chi connectivity index (χ1v) is 7.71. The molecule has 1 fully saturated rings. The number of amides is 1. The second-order valence-corrected chi connectivity index (χ2v) is 6.74. The topological polar surface area (TPSA) is 70.6 Å². The maximum Gasteiger partial charge on any atom is 0.407 e. The minimum absolute atomic E-state index is 0.372. The molecular weight excluding hydrogens is 256 g/mol. The Labute approximate surface area is 122 Å². The normalized spacial score (nSPS) is 18.6. The molecule has 0 saturated heterocycles. The van der Waals surface area contributed by atoms with Crippen LogP contribution in [-0.2, 0) is 4.74 Å². The summed E-state index contributed by atoms with van der Waals surface area (Å²) in [5.74, 6) is 0. The minimum atomic E-state index is -0.517.